The number of halogens is 4. The van der Waals surface area contributed by atoms with Crippen molar-refractivity contribution in [3.63, 3.8) is 0 Å². The SMILES string of the molecule is COc1cc(CNCCN(C)C)cc(Cl)c1OCc1ccccc1F.Cl.Cl. The maximum Gasteiger partial charge on any atom is 0.180 e. The molecular formula is C19H26Cl3FN2O2. The van der Waals surface area contributed by atoms with Gasteiger partial charge in [-0.15, -0.1) is 24.8 Å². The van der Waals surface area contributed by atoms with Crippen LogP contribution in [0.5, 0.6) is 11.5 Å². The largest absolute Gasteiger partial charge is 0.493 e. The van der Waals surface area contributed by atoms with Crippen molar-refractivity contribution in [3.05, 3.63) is 58.4 Å². The third kappa shape index (κ3) is 8.11. The Morgan fingerprint density at radius 3 is 2.48 bits per heavy atom. The smallest absolute Gasteiger partial charge is 0.180 e. The predicted octanol–water partition coefficient (Wildman–Crippen LogP) is 4.56. The average molecular weight is 440 g/mol. The van der Waals surface area contributed by atoms with Crippen LogP contribution in [0.4, 0.5) is 4.39 Å². The zero-order chi connectivity index (χ0) is 18.2. The molecule has 0 radical (unpaired) electrons. The van der Waals surface area contributed by atoms with Crippen molar-refractivity contribution in [2.24, 2.45) is 0 Å². The summed E-state index contributed by atoms with van der Waals surface area (Å²) in [5.41, 5.74) is 1.47. The Morgan fingerprint density at radius 1 is 1.15 bits per heavy atom. The summed E-state index contributed by atoms with van der Waals surface area (Å²) in [6.45, 7) is 2.59. The van der Waals surface area contributed by atoms with Gasteiger partial charge in [0.15, 0.2) is 11.5 Å². The van der Waals surface area contributed by atoms with Crippen LogP contribution in [0.3, 0.4) is 0 Å². The third-order valence-electron chi connectivity index (χ3n) is 3.68. The number of benzene rings is 2. The fraction of sp³-hybridized carbons (Fsp3) is 0.368. The zero-order valence-electron chi connectivity index (χ0n) is 15.6. The highest BCUT2D eigenvalue weighted by Gasteiger charge is 2.13. The molecule has 0 fully saturated rings. The second-order valence-corrected chi connectivity index (χ2v) is 6.38. The number of nitrogens with one attached hydrogen (secondary N) is 1. The van der Waals surface area contributed by atoms with Gasteiger partial charge in [-0.1, -0.05) is 29.8 Å². The van der Waals surface area contributed by atoms with Gasteiger partial charge in [-0.05, 0) is 37.9 Å². The Kier molecular flexibility index (Phi) is 12.4. The lowest BCUT2D eigenvalue weighted by Gasteiger charge is -2.15. The quantitative estimate of drug-likeness (QED) is 0.581. The molecule has 8 heteroatoms. The lowest BCUT2D eigenvalue weighted by Crippen LogP contribution is -2.26. The summed E-state index contributed by atoms with van der Waals surface area (Å²) in [6.07, 6.45) is 0. The molecule has 1 N–H and O–H groups in total. The number of hydrogen-bond acceptors (Lipinski definition) is 4. The molecule has 0 aliphatic heterocycles. The van der Waals surface area contributed by atoms with Gasteiger partial charge in [0, 0.05) is 25.2 Å². The van der Waals surface area contributed by atoms with Gasteiger partial charge < -0.3 is 19.7 Å². The molecule has 0 atom stereocenters. The first-order valence-corrected chi connectivity index (χ1v) is 8.47. The minimum absolute atomic E-state index is 0. The molecule has 0 amide bonds. The Hall–Kier alpha value is -1.24. The molecule has 2 aromatic rings. The summed E-state index contributed by atoms with van der Waals surface area (Å²) in [5.74, 6) is 0.650. The Labute approximate surface area is 177 Å². The van der Waals surface area contributed by atoms with Crippen LogP contribution in [0.2, 0.25) is 5.02 Å². The van der Waals surface area contributed by atoms with E-state index >= 15 is 0 Å². The van der Waals surface area contributed by atoms with Crippen molar-refractivity contribution >= 4 is 36.4 Å². The van der Waals surface area contributed by atoms with E-state index in [0.29, 0.717) is 28.6 Å². The molecule has 0 heterocycles. The monoisotopic (exact) mass is 438 g/mol. The van der Waals surface area contributed by atoms with Crippen molar-refractivity contribution in [1.29, 1.82) is 0 Å². The van der Waals surface area contributed by atoms with E-state index in [1.54, 1.807) is 25.3 Å². The van der Waals surface area contributed by atoms with Gasteiger partial charge in [0.05, 0.1) is 12.1 Å². The lowest BCUT2D eigenvalue weighted by molar-refractivity contribution is 0.279. The fourth-order valence-corrected chi connectivity index (χ4v) is 2.60. The van der Waals surface area contributed by atoms with Crippen molar-refractivity contribution in [1.82, 2.24) is 10.2 Å². The number of rotatable bonds is 9. The van der Waals surface area contributed by atoms with Crippen molar-refractivity contribution in [2.75, 3.05) is 34.3 Å². The summed E-state index contributed by atoms with van der Waals surface area (Å²) < 4.78 is 24.8. The molecule has 27 heavy (non-hydrogen) atoms. The molecule has 0 saturated heterocycles. The van der Waals surface area contributed by atoms with Crippen LogP contribution in [0.15, 0.2) is 36.4 Å². The van der Waals surface area contributed by atoms with Gasteiger partial charge in [-0.2, -0.15) is 0 Å². The van der Waals surface area contributed by atoms with Crippen LogP contribution in [0.25, 0.3) is 0 Å². The molecule has 0 aliphatic carbocycles. The highest BCUT2D eigenvalue weighted by molar-refractivity contribution is 6.32. The third-order valence-corrected chi connectivity index (χ3v) is 3.96. The van der Waals surface area contributed by atoms with Gasteiger partial charge in [-0.3, -0.25) is 0 Å². The van der Waals surface area contributed by atoms with E-state index in [1.165, 1.54) is 6.07 Å². The summed E-state index contributed by atoms with van der Waals surface area (Å²) >= 11 is 6.35. The number of ether oxygens (including phenoxy) is 2. The van der Waals surface area contributed by atoms with E-state index in [2.05, 4.69) is 10.2 Å². The van der Waals surface area contributed by atoms with E-state index in [9.17, 15) is 4.39 Å². The van der Waals surface area contributed by atoms with Gasteiger partial charge in [-0.25, -0.2) is 4.39 Å². The van der Waals surface area contributed by atoms with Crippen LogP contribution in [-0.2, 0) is 13.2 Å². The summed E-state index contributed by atoms with van der Waals surface area (Å²) in [4.78, 5) is 2.11. The Balaban J connectivity index is 0.00000338. The van der Waals surface area contributed by atoms with E-state index in [1.807, 2.05) is 26.2 Å². The first-order valence-electron chi connectivity index (χ1n) is 8.09. The number of likely N-dealkylation sites (N-methyl/N-ethyl adjacent to an activating group) is 1. The second-order valence-electron chi connectivity index (χ2n) is 5.97. The molecule has 0 spiro atoms. The molecule has 0 aromatic heterocycles. The van der Waals surface area contributed by atoms with Crippen LogP contribution < -0.4 is 14.8 Å². The maximum atomic E-state index is 13.7. The molecule has 4 nitrogen and oxygen atoms in total. The number of nitrogens with zero attached hydrogens (tertiary/aromatic N) is 1. The molecule has 0 aliphatic rings. The van der Waals surface area contributed by atoms with Crippen LogP contribution >= 0.6 is 36.4 Å². The topological polar surface area (TPSA) is 33.7 Å². The molecule has 0 saturated carbocycles. The standard InChI is InChI=1S/C19H24ClFN2O2.2ClH/c1-23(2)9-8-22-12-14-10-16(20)19(18(11-14)24-3)25-13-15-6-4-5-7-17(15)21;;/h4-7,10-11,22H,8-9,12-13H2,1-3H3;2*1H. The lowest BCUT2D eigenvalue weighted by atomic mass is 10.2. The second kappa shape index (κ2) is 13.0. The maximum absolute atomic E-state index is 13.7. The van der Waals surface area contributed by atoms with Gasteiger partial charge >= 0.3 is 0 Å². The summed E-state index contributed by atoms with van der Waals surface area (Å²) in [5, 5.41) is 3.79. The van der Waals surface area contributed by atoms with Crippen molar-refractivity contribution < 1.29 is 13.9 Å². The van der Waals surface area contributed by atoms with E-state index in [0.717, 1.165) is 18.7 Å². The first-order chi connectivity index (χ1) is 12.0. The van der Waals surface area contributed by atoms with E-state index < -0.39 is 0 Å². The number of methoxy groups -OCH3 is 1. The van der Waals surface area contributed by atoms with Gasteiger partial charge in [0.2, 0.25) is 0 Å². The molecule has 2 aromatic carbocycles. The summed E-state index contributed by atoms with van der Waals surface area (Å²) in [7, 11) is 5.62. The molecular weight excluding hydrogens is 414 g/mol. The summed E-state index contributed by atoms with van der Waals surface area (Å²) in [6, 6.07) is 10.2. The highest BCUT2D eigenvalue weighted by atomic mass is 35.5. The van der Waals surface area contributed by atoms with Gasteiger partial charge in [0.1, 0.15) is 12.4 Å². The van der Waals surface area contributed by atoms with Crippen LogP contribution in [0.1, 0.15) is 11.1 Å². The van der Waals surface area contributed by atoms with Gasteiger partial charge in [0.25, 0.3) is 0 Å². The van der Waals surface area contributed by atoms with Crippen molar-refractivity contribution in [3.8, 4) is 11.5 Å². The molecule has 152 valence electrons. The predicted molar refractivity (Wildman–Crippen MR) is 113 cm³/mol. The minimum Gasteiger partial charge on any atom is -0.493 e. The molecule has 2 rings (SSSR count). The zero-order valence-corrected chi connectivity index (χ0v) is 18.0. The Bertz CT molecular complexity index is 703. The fourth-order valence-electron chi connectivity index (χ4n) is 2.32. The minimum atomic E-state index is -0.306. The first kappa shape index (κ1) is 25.8. The van der Waals surface area contributed by atoms with Crippen molar-refractivity contribution in [2.45, 2.75) is 13.2 Å². The number of hydrogen-bond donors (Lipinski definition) is 1. The molecule has 0 bridgehead atoms. The molecule has 0 unspecified atom stereocenters. The Morgan fingerprint density at radius 2 is 1.85 bits per heavy atom. The normalized spacial score (nSPS) is 10.1. The van der Waals surface area contributed by atoms with Crippen LogP contribution in [-0.4, -0.2) is 39.2 Å². The van der Waals surface area contributed by atoms with E-state index in [4.69, 9.17) is 21.1 Å². The average Bonchev–Trinajstić information content (AvgIpc) is 2.58. The highest BCUT2D eigenvalue weighted by Crippen LogP contribution is 2.37. The van der Waals surface area contributed by atoms with E-state index in [-0.39, 0.29) is 37.2 Å². The van der Waals surface area contributed by atoms with Crippen LogP contribution in [0, 0.1) is 5.82 Å².